The lowest BCUT2D eigenvalue weighted by molar-refractivity contribution is -0.00549. The van der Waals surface area contributed by atoms with Gasteiger partial charge in [0, 0.05) is 6.07 Å². The van der Waals surface area contributed by atoms with Gasteiger partial charge in [-0.05, 0) is 26.2 Å². The number of aryl methyl sites for hydroxylation is 1. The fourth-order valence-electron chi connectivity index (χ4n) is 1.81. The second-order valence-corrected chi connectivity index (χ2v) is 4.77. The molecule has 1 atom stereocenters. The smallest absolute Gasteiger partial charge is 0.280 e. The Kier molecular flexibility index (Phi) is 3.31. The monoisotopic (exact) mass is 264 g/mol. The zero-order chi connectivity index (χ0) is 13.2. The summed E-state index contributed by atoms with van der Waals surface area (Å²) >= 11 is 0. The van der Waals surface area contributed by atoms with Gasteiger partial charge in [0.05, 0.1) is 18.8 Å². The minimum absolute atomic E-state index is 0.311. The molecule has 1 aliphatic rings. The first-order valence-corrected chi connectivity index (χ1v) is 6.37. The Morgan fingerprint density at radius 3 is 2.89 bits per heavy atom. The normalized spacial score (nSPS) is 17.4. The Morgan fingerprint density at radius 1 is 1.42 bits per heavy atom. The predicted molar refractivity (Wildman–Crippen MR) is 65.1 cm³/mol. The van der Waals surface area contributed by atoms with Crippen molar-refractivity contribution in [3.63, 3.8) is 0 Å². The molecule has 2 N–H and O–H groups in total. The van der Waals surface area contributed by atoms with Gasteiger partial charge in [-0.2, -0.15) is 4.98 Å². The van der Waals surface area contributed by atoms with E-state index in [0.717, 1.165) is 12.8 Å². The highest BCUT2D eigenvalue weighted by Gasteiger charge is 2.22. The van der Waals surface area contributed by atoms with Gasteiger partial charge in [-0.3, -0.25) is 0 Å². The summed E-state index contributed by atoms with van der Waals surface area (Å²) in [6.07, 6.45) is 3.80. The third kappa shape index (κ3) is 2.66. The molecule has 3 rings (SSSR count). The largest absolute Gasteiger partial charge is 0.376 e. The Morgan fingerprint density at radius 2 is 2.26 bits per heavy atom. The Bertz CT molecular complexity index is 547. The molecule has 0 spiro atoms. The molecule has 7 nitrogen and oxygen atoms in total. The van der Waals surface area contributed by atoms with Crippen LogP contribution in [-0.4, -0.2) is 28.0 Å². The molecule has 0 radical (unpaired) electrons. The van der Waals surface area contributed by atoms with Gasteiger partial charge in [-0.1, -0.05) is 10.3 Å². The van der Waals surface area contributed by atoms with Crippen molar-refractivity contribution in [2.45, 2.75) is 38.3 Å². The number of aromatic nitrogens is 3. The van der Waals surface area contributed by atoms with Crippen LogP contribution in [0.15, 0.2) is 15.1 Å². The molecule has 19 heavy (non-hydrogen) atoms. The average Bonchev–Trinajstić information content (AvgIpc) is 2.94. The zero-order valence-corrected chi connectivity index (χ0v) is 10.7. The average molecular weight is 264 g/mol. The van der Waals surface area contributed by atoms with E-state index in [1.165, 1.54) is 6.42 Å². The number of ether oxygens (including phenoxy) is 1. The van der Waals surface area contributed by atoms with Crippen molar-refractivity contribution in [2.24, 2.45) is 5.73 Å². The van der Waals surface area contributed by atoms with E-state index in [4.69, 9.17) is 19.5 Å². The summed E-state index contributed by atoms with van der Waals surface area (Å²) in [5, 5.41) is 7.66. The highest BCUT2D eigenvalue weighted by molar-refractivity contribution is 5.45. The second kappa shape index (κ2) is 5.10. The molecular weight excluding hydrogens is 248 g/mol. The number of nitrogens with zero attached hydrogens (tertiary/aromatic N) is 3. The van der Waals surface area contributed by atoms with Gasteiger partial charge in [-0.25, -0.2) is 0 Å². The molecular formula is C12H16N4O3. The van der Waals surface area contributed by atoms with Gasteiger partial charge < -0.3 is 19.5 Å². The fraction of sp³-hybridized carbons (Fsp3) is 0.583. The predicted octanol–water partition coefficient (Wildman–Crippen LogP) is 1.60. The fourth-order valence-corrected chi connectivity index (χ4v) is 1.81. The second-order valence-electron chi connectivity index (χ2n) is 4.77. The van der Waals surface area contributed by atoms with Gasteiger partial charge in [0.2, 0.25) is 0 Å². The maximum absolute atomic E-state index is 5.96. The highest BCUT2D eigenvalue weighted by atomic mass is 16.5. The van der Waals surface area contributed by atoms with E-state index in [1.807, 2.05) is 0 Å². The maximum Gasteiger partial charge on any atom is 0.280 e. The van der Waals surface area contributed by atoms with Crippen LogP contribution in [0.5, 0.6) is 0 Å². The first-order chi connectivity index (χ1) is 9.22. The lowest BCUT2D eigenvalue weighted by Gasteiger charge is -2.26. The molecule has 2 aromatic rings. The van der Waals surface area contributed by atoms with E-state index in [1.54, 1.807) is 13.0 Å². The summed E-state index contributed by atoms with van der Waals surface area (Å²) in [6.45, 7) is 2.20. The quantitative estimate of drug-likeness (QED) is 0.875. The van der Waals surface area contributed by atoms with E-state index < -0.39 is 0 Å². The molecule has 1 fully saturated rings. The number of hydrogen-bond acceptors (Lipinski definition) is 7. The Hall–Kier alpha value is -1.73. The highest BCUT2D eigenvalue weighted by Crippen LogP contribution is 2.23. The van der Waals surface area contributed by atoms with Crippen molar-refractivity contribution in [1.82, 2.24) is 15.3 Å². The third-order valence-corrected chi connectivity index (χ3v) is 3.18. The number of rotatable bonds is 5. The summed E-state index contributed by atoms with van der Waals surface area (Å²) in [5.74, 6) is 1.42. The van der Waals surface area contributed by atoms with Gasteiger partial charge in [-0.15, -0.1) is 0 Å². The van der Waals surface area contributed by atoms with E-state index in [0.29, 0.717) is 35.9 Å². The van der Waals surface area contributed by atoms with Crippen LogP contribution in [0.25, 0.3) is 11.6 Å². The molecule has 1 aliphatic carbocycles. The zero-order valence-electron chi connectivity index (χ0n) is 10.7. The van der Waals surface area contributed by atoms with Crippen molar-refractivity contribution in [2.75, 3.05) is 6.61 Å². The van der Waals surface area contributed by atoms with Crippen LogP contribution in [0, 0.1) is 6.92 Å². The van der Waals surface area contributed by atoms with Crippen LogP contribution in [-0.2, 0) is 4.74 Å². The Labute approximate surface area is 110 Å². The van der Waals surface area contributed by atoms with Crippen molar-refractivity contribution in [1.29, 1.82) is 0 Å². The molecule has 0 bridgehead atoms. The summed E-state index contributed by atoms with van der Waals surface area (Å²) in [7, 11) is 0. The lowest BCUT2D eigenvalue weighted by atomic mass is 9.96. The molecule has 102 valence electrons. The van der Waals surface area contributed by atoms with Gasteiger partial charge >= 0.3 is 0 Å². The van der Waals surface area contributed by atoms with E-state index >= 15 is 0 Å². The minimum atomic E-state index is -0.383. The van der Waals surface area contributed by atoms with Gasteiger partial charge in [0.15, 0.2) is 11.5 Å². The van der Waals surface area contributed by atoms with E-state index in [2.05, 4.69) is 15.3 Å². The molecule has 1 saturated carbocycles. The summed E-state index contributed by atoms with van der Waals surface area (Å²) in [5.41, 5.74) is 6.48. The molecule has 2 heterocycles. The first-order valence-electron chi connectivity index (χ1n) is 6.37. The number of hydrogen-bond donors (Lipinski definition) is 1. The van der Waals surface area contributed by atoms with E-state index in [-0.39, 0.29) is 6.04 Å². The summed E-state index contributed by atoms with van der Waals surface area (Å²) < 4.78 is 15.7. The number of nitrogens with two attached hydrogens (primary N) is 1. The lowest BCUT2D eigenvalue weighted by Crippen LogP contribution is -2.27. The summed E-state index contributed by atoms with van der Waals surface area (Å²) in [4.78, 5) is 4.21. The summed E-state index contributed by atoms with van der Waals surface area (Å²) in [6, 6.07) is 1.35. The van der Waals surface area contributed by atoms with Crippen LogP contribution in [0.4, 0.5) is 0 Å². The van der Waals surface area contributed by atoms with Gasteiger partial charge in [0.1, 0.15) is 5.76 Å². The van der Waals surface area contributed by atoms with Crippen LogP contribution in [0.3, 0.4) is 0 Å². The van der Waals surface area contributed by atoms with Crippen LogP contribution >= 0.6 is 0 Å². The molecule has 0 amide bonds. The molecule has 2 aromatic heterocycles. The maximum atomic E-state index is 5.96. The van der Waals surface area contributed by atoms with Crippen molar-refractivity contribution in [3.8, 4) is 11.6 Å². The molecule has 1 unspecified atom stereocenters. The molecule has 0 saturated heterocycles. The first kappa shape index (κ1) is 12.3. The van der Waals surface area contributed by atoms with Gasteiger partial charge in [0.25, 0.3) is 5.89 Å². The third-order valence-electron chi connectivity index (χ3n) is 3.18. The van der Waals surface area contributed by atoms with Crippen LogP contribution in [0.2, 0.25) is 0 Å². The van der Waals surface area contributed by atoms with Crippen LogP contribution < -0.4 is 5.73 Å². The SMILES string of the molecule is Cc1cc(-c2nc(C(N)COC3CCC3)no2)no1. The Balaban J connectivity index is 1.63. The molecule has 0 aromatic carbocycles. The standard InChI is InChI=1S/C12H16N4O3/c1-7-5-10(15-18-7)12-14-11(16-19-12)9(13)6-17-8-3-2-4-8/h5,8-9H,2-4,6,13H2,1H3. The topological polar surface area (TPSA) is 100 Å². The molecule has 0 aliphatic heterocycles. The van der Waals surface area contributed by atoms with E-state index in [9.17, 15) is 0 Å². The van der Waals surface area contributed by atoms with Crippen molar-refractivity contribution < 1.29 is 13.8 Å². The van der Waals surface area contributed by atoms with Crippen molar-refractivity contribution >= 4 is 0 Å². The minimum Gasteiger partial charge on any atom is -0.376 e. The molecule has 7 heteroatoms. The van der Waals surface area contributed by atoms with Crippen LogP contribution in [0.1, 0.15) is 36.9 Å². The van der Waals surface area contributed by atoms with Crippen molar-refractivity contribution in [3.05, 3.63) is 17.7 Å².